The SMILES string of the molecule is Cn1nnc(COc2ccc(CNC(C)(C)C)cc2Cl)n1. The maximum atomic E-state index is 6.24. The van der Waals surface area contributed by atoms with Crippen molar-refractivity contribution in [1.29, 1.82) is 0 Å². The van der Waals surface area contributed by atoms with Crippen LogP contribution in [-0.4, -0.2) is 25.7 Å². The van der Waals surface area contributed by atoms with Gasteiger partial charge in [0, 0.05) is 12.1 Å². The fourth-order valence-corrected chi connectivity index (χ4v) is 1.92. The second kappa shape index (κ2) is 6.41. The van der Waals surface area contributed by atoms with E-state index >= 15 is 0 Å². The van der Waals surface area contributed by atoms with E-state index in [4.69, 9.17) is 16.3 Å². The molecule has 114 valence electrons. The van der Waals surface area contributed by atoms with E-state index in [1.807, 2.05) is 18.2 Å². The Labute approximate surface area is 129 Å². The van der Waals surface area contributed by atoms with E-state index in [0.717, 1.165) is 12.1 Å². The Bertz CT molecular complexity index is 606. The minimum Gasteiger partial charge on any atom is -0.484 e. The maximum Gasteiger partial charge on any atom is 0.212 e. The molecule has 1 aromatic carbocycles. The Hall–Kier alpha value is -1.66. The first-order valence-electron chi connectivity index (χ1n) is 6.72. The summed E-state index contributed by atoms with van der Waals surface area (Å²) < 4.78 is 5.61. The van der Waals surface area contributed by atoms with Crippen molar-refractivity contribution in [2.75, 3.05) is 0 Å². The smallest absolute Gasteiger partial charge is 0.212 e. The monoisotopic (exact) mass is 309 g/mol. The van der Waals surface area contributed by atoms with E-state index < -0.39 is 0 Å². The number of aromatic nitrogens is 4. The second-order valence-corrected chi connectivity index (χ2v) is 6.26. The molecule has 0 saturated carbocycles. The van der Waals surface area contributed by atoms with E-state index in [-0.39, 0.29) is 12.1 Å². The lowest BCUT2D eigenvalue weighted by molar-refractivity contribution is 0.295. The largest absolute Gasteiger partial charge is 0.484 e. The average molecular weight is 310 g/mol. The average Bonchev–Trinajstić information content (AvgIpc) is 2.80. The molecule has 1 N–H and O–H groups in total. The normalized spacial score (nSPS) is 11.7. The number of ether oxygens (including phenoxy) is 1. The zero-order valence-electron chi connectivity index (χ0n) is 12.7. The highest BCUT2D eigenvalue weighted by Crippen LogP contribution is 2.26. The van der Waals surface area contributed by atoms with E-state index in [1.54, 1.807) is 7.05 Å². The van der Waals surface area contributed by atoms with Crippen molar-refractivity contribution < 1.29 is 4.74 Å². The standard InChI is InChI=1S/C14H20ClN5O/c1-14(2,3)16-8-10-5-6-12(11(15)7-10)21-9-13-17-19-20(4)18-13/h5-7,16H,8-9H2,1-4H3. The van der Waals surface area contributed by atoms with E-state index in [2.05, 4.69) is 41.5 Å². The fraction of sp³-hybridized carbons (Fsp3) is 0.500. The lowest BCUT2D eigenvalue weighted by Gasteiger charge is -2.20. The molecule has 0 atom stereocenters. The molecule has 0 bridgehead atoms. The molecule has 21 heavy (non-hydrogen) atoms. The third kappa shape index (κ3) is 4.99. The van der Waals surface area contributed by atoms with Crippen LogP contribution < -0.4 is 10.1 Å². The number of tetrazole rings is 1. The van der Waals surface area contributed by atoms with E-state index in [1.165, 1.54) is 4.80 Å². The molecule has 0 fully saturated rings. The summed E-state index contributed by atoms with van der Waals surface area (Å²) in [7, 11) is 1.71. The Morgan fingerprint density at radius 1 is 1.33 bits per heavy atom. The van der Waals surface area contributed by atoms with Gasteiger partial charge in [-0.2, -0.15) is 4.80 Å². The van der Waals surface area contributed by atoms with Crippen LogP contribution >= 0.6 is 11.6 Å². The van der Waals surface area contributed by atoms with Crippen LogP contribution in [0.2, 0.25) is 5.02 Å². The van der Waals surface area contributed by atoms with Gasteiger partial charge >= 0.3 is 0 Å². The molecule has 0 radical (unpaired) electrons. The maximum absolute atomic E-state index is 6.24. The summed E-state index contributed by atoms with van der Waals surface area (Å²) in [6, 6.07) is 5.75. The topological polar surface area (TPSA) is 64.9 Å². The van der Waals surface area contributed by atoms with Gasteiger partial charge in [0.25, 0.3) is 0 Å². The van der Waals surface area contributed by atoms with Gasteiger partial charge in [0.1, 0.15) is 5.75 Å². The van der Waals surface area contributed by atoms with E-state index in [9.17, 15) is 0 Å². The Morgan fingerprint density at radius 2 is 2.10 bits per heavy atom. The molecule has 7 heteroatoms. The van der Waals surface area contributed by atoms with Crippen LogP contribution in [0, 0.1) is 0 Å². The molecule has 0 spiro atoms. The highest BCUT2D eigenvalue weighted by atomic mass is 35.5. The molecule has 1 aromatic heterocycles. The third-order valence-corrected chi connectivity index (χ3v) is 3.02. The first kappa shape index (κ1) is 15.7. The van der Waals surface area contributed by atoms with Gasteiger partial charge in [-0.25, -0.2) is 0 Å². The number of hydrogen-bond acceptors (Lipinski definition) is 5. The fourth-order valence-electron chi connectivity index (χ4n) is 1.66. The zero-order valence-corrected chi connectivity index (χ0v) is 13.5. The number of hydrogen-bond donors (Lipinski definition) is 1. The first-order chi connectivity index (χ1) is 9.83. The van der Waals surface area contributed by atoms with Gasteiger partial charge in [-0.1, -0.05) is 17.7 Å². The quantitative estimate of drug-likeness (QED) is 0.918. The van der Waals surface area contributed by atoms with Crippen LogP contribution in [0.1, 0.15) is 32.2 Å². The number of halogens is 1. The van der Waals surface area contributed by atoms with Crippen LogP contribution in [0.4, 0.5) is 0 Å². The molecule has 0 aliphatic carbocycles. The molecule has 1 heterocycles. The molecule has 0 unspecified atom stereocenters. The van der Waals surface area contributed by atoms with Crippen molar-refractivity contribution in [2.24, 2.45) is 7.05 Å². The number of nitrogens with one attached hydrogen (secondary N) is 1. The van der Waals surface area contributed by atoms with Crippen molar-refractivity contribution in [2.45, 2.75) is 39.5 Å². The van der Waals surface area contributed by atoms with Gasteiger partial charge in [-0.05, 0) is 43.7 Å². The number of rotatable bonds is 5. The number of aryl methyl sites for hydroxylation is 1. The summed E-state index contributed by atoms with van der Waals surface area (Å²) in [5.41, 5.74) is 1.18. The molecule has 0 aliphatic heterocycles. The third-order valence-electron chi connectivity index (χ3n) is 2.73. The molecule has 0 aliphatic rings. The summed E-state index contributed by atoms with van der Waals surface area (Å²) in [5.74, 6) is 1.13. The molecule has 0 saturated heterocycles. The molecular formula is C14H20ClN5O. The first-order valence-corrected chi connectivity index (χ1v) is 7.10. The van der Waals surface area contributed by atoms with Crippen molar-refractivity contribution in [3.05, 3.63) is 34.6 Å². The van der Waals surface area contributed by atoms with Gasteiger partial charge in [0.2, 0.25) is 5.82 Å². The van der Waals surface area contributed by atoms with E-state index in [0.29, 0.717) is 16.6 Å². The lowest BCUT2D eigenvalue weighted by Crippen LogP contribution is -2.35. The molecule has 2 rings (SSSR count). The van der Waals surface area contributed by atoms with Crippen LogP contribution in [0.25, 0.3) is 0 Å². The lowest BCUT2D eigenvalue weighted by atomic mass is 10.1. The summed E-state index contributed by atoms with van der Waals surface area (Å²) in [6.45, 7) is 7.38. The highest BCUT2D eigenvalue weighted by molar-refractivity contribution is 6.32. The minimum atomic E-state index is 0.0687. The Kier molecular flexibility index (Phi) is 4.80. The van der Waals surface area contributed by atoms with Gasteiger partial charge in [-0.3, -0.25) is 0 Å². The van der Waals surface area contributed by atoms with Gasteiger partial charge < -0.3 is 10.1 Å². The Morgan fingerprint density at radius 3 is 2.67 bits per heavy atom. The van der Waals surface area contributed by atoms with Crippen LogP contribution in [-0.2, 0) is 20.2 Å². The summed E-state index contributed by atoms with van der Waals surface area (Å²) >= 11 is 6.24. The van der Waals surface area contributed by atoms with Crippen molar-refractivity contribution in [3.63, 3.8) is 0 Å². The van der Waals surface area contributed by atoms with Gasteiger partial charge in [0.05, 0.1) is 12.1 Å². The highest BCUT2D eigenvalue weighted by Gasteiger charge is 2.10. The molecule has 2 aromatic rings. The summed E-state index contributed by atoms with van der Waals surface area (Å²) in [4.78, 5) is 1.39. The summed E-state index contributed by atoms with van der Waals surface area (Å²) in [6.07, 6.45) is 0. The molecule has 0 amide bonds. The predicted molar refractivity (Wildman–Crippen MR) is 81.2 cm³/mol. The van der Waals surface area contributed by atoms with Crippen LogP contribution in [0.3, 0.4) is 0 Å². The van der Waals surface area contributed by atoms with Crippen molar-refractivity contribution in [1.82, 2.24) is 25.5 Å². The van der Waals surface area contributed by atoms with Crippen LogP contribution in [0.15, 0.2) is 18.2 Å². The molecule has 6 nitrogen and oxygen atoms in total. The summed E-state index contributed by atoms with van der Waals surface area (Å²) in [5, 5.41) is 15.6. The van der Waals surface area contributed by atoms with Crippen LogP contribution in [0.5, 0.6) is 5.75 Å². The number of nitrogens with zero attached hydrogens (tertiary/aromatic N) is 4. The zero-order chi connectivity index (χ0) is 15.5. The Balaban J connectivity index is 1.95. The minimum absolute atomic E-state index is 0.0687. The van der Waals surface area contributed by atoms with Crippen molar-refractivity contribution >= 4 is 11.6 Å². The predicted octanol–water partition coefficient (Wildman–Crippen LogP) is 2.33. The van der Waals surface area contributed by atoms with Gasteiger partial charge in [-0.15, -0.1) is 10.2 Å². The molecular weight excluding hydrogens is 290 g/mol. The van der Waals surface area contributed by atoms with Gasteiger partial charge in [0.15, 0.2) is 6.61 Å². The number of benzene rings is 1. The second-order valence-electron chi connectivity index (χ2n) is 5.85. The van der Waals surface area contributed by atoms with Crippen molar-refractivity contribution in [3.8, 4) is 5.75 Å².